The molecule has 0 saturated carbocycles. The second kappa shape index (κ2) is 11.7. The number of nitrogens with one attached hydrogen (secondary N) is 2. The summed E-state index contributed by atoms with van der Waals surface area (Å²) in [5.74, 6) is -1.54. The normalized spacial score (nSPS) is 14.1. The maximum atomic E-state index is 12.4. The first kappa shape index (κ1) is 25.2. The molecule has 2 aromatic rings. The van der Waals surface area contributed by atoms with Gasteiger partial charge in [0.15, 0.2) is 0 Å². The van der Waals surface area contributed by atoms with Gasteiger partial charge in [-0.15, -0.1) is 0 Å². The van der Waals surface area contributed by atoms with Crippen molar-refractivity contribution in [2.45, 2.75) is 44.8 Å². The number of hydrogen-bond donors (Lipinski definition) is 3. The zero-order valence-corrected chi connectivity index (χ0v) is 19.7. The second-order valence-electron chi connectivity index (χ2n) is 8.79. The van der Waals surface area contributed by atoms with Crippen molar-refractivity contribution in [1.82, 2.24) is 10.6 Å². The fraction of sp³-hybridized carbons (Fsp3) is 0.423. The minimum atomic E-state index is -1.09. The molecule has 34 heavy (non-hydrogen) atoms. The van der Waals surface area contributed by atoms with Crippen molar-refractivity contribution < 1.29 is 29.0 Å². The number of alkyl carbamates (subject to hydrolysis) is 1. The van der Waals surface area contributed by atoms with Crippen molar-refractivity contribution >= 4 is 18.0 Å². The van der Waals surface area contributed by atoms with Crippen LogP contribution in [0.5, 0.6) is 0 Å². The Bertz CT molecular complexity index is 976. The Labute approximate surface area is 199 Å². The van der Waals surface area contributed by atoms with Crippen molar-refractivity contribution in [3.05, 3.63) is 59.7 Å². The Morgan fingerprint density at radius 3 is 2.12 bits per heavy atom. The Balaban J connectivity index is 1.49. The van der Waals surface area contributed by atoms with E-state index in [4.69, 9.17) is 9.47 Å². The van der Waals surface area contributed by atoms with Gasteiger partial charge < -0.3 is 25.2 Å². The van der Waals surface area contributed by atoms with Crippen LogP contribution in [0.1, 0.15) is 43.7 Å². The number of carboxylic acid groups (broad SMARTS) is 1. The van der Waals surface area contributed by atoms with Crippen molar-refractivity contribution in [1.29, 1.82) is 0 Å². The van der Waals surface area contributed by atoms with E-state index in [0.29, 0.717) is 6.42 Å². The Kier molecular flexibility index (Phi) is 8.65. The van der Waals surface area contributed by atoms with Gasteiger partial charge in [0, 0.05) is 26.0 Å². The molecule has 0 radical (unpaired) electrons. The number of carbonyl (C=O) groups is 3. The molecule has 0 heterocycles. The maximum absolute atomic E-state index is 12.4. The molecule has 2 aromatic carbocycles. The van der Waals surface area contributed by atoms with E-state index >= 15 is 0 Å². The van der Waals surface area contributed by atoms with Gasteiger partial charge in [-0.3, -0.25) is 4.79 Å². The average molecular weight is 469 g/mol. The smallest absolute Gasteiger partial charge is 0.407 e. The summed E-state index contributed by atoms with van der Waals surface area (Å²) >= 11 is 0. The first-order valence-corrected chi connectivity index (χ1v) is 11.5. The van der Waals surface area contributed by atoms with Crippen LogP contribution in [-0.2, 0) is 19.1 Å². The molecule has 8 heteroatoms. The highest BCUT2D eigenvalue weighted by atomic mass is 16.5. The van der Waals surface area contributed by atoms with E-state index in [2.05, 4.69) is 22.8 Å². The summed E-state index contributed by atoms with van der Waals surface area (Å²) in [5.41, 5.74) is 4.56. The molecule has 182 valence electrons. The number of carboxylic acids is 1. The van der Waals surface area contributed by atoms with Crippen LogP contribution in [0.25, 0.3) is 11.1 Å². The fourth-order valence-electron chi connectivity index (χ4n) is 4.27. The summed E-state index contributed by atoms with van der Waals surface area (Å²) in [6.45, 7) is 4.11. The maximum Gasteiger partial charge on any atom is 0.407 e. The van der Waals surface area contributed by atoms with Gasteiger partial charge in [0.05, 0.1) is 0 Å². The third-order valence-corrected chi connectivity index (χ3v) is 5.92. The van der Waals surface area contributed by atoms with Crippen molar-refractivity contribution in [3.8, 4) is 11.1 Å². The summed E-state index contributed by atoms with van der Waals surface area (Å²) in [7, 11) is 1.37. The lowest BCUT2D eigenvalue weighted by molar-refractivity contribution is -0.144. The standard InChI is InChI=1S/C26H32N2O6/c1-16(2)14-22(25(30)31)28-24(29)23(33-3)12-13-27-26(32)34-15-21-19-10-6-4-8-17(19)18-9-5-7-11-20(18)21/h4-11,16,21-23H,12-15H2,1-3H3,(H,27,32)(H,28,29)(H,30,31)/t22-,23?/m1/s1. The molecule has 3 rings (SSSR count). The number of ether oxygens (including phenoxy) is 2. The highest BCUT2D eigenvalue weighted by molar-refractivity contribution is 5.86. The number of hydrogen-bond acceptors (Lipinski definition) is 5. The summed E-state index contributed by atoms with van der Waals surface area (Å²) in [5, 5.41) is 14.5. The molecule has 1 aliphatic carbocycles. The fourth-order valence-corrected chi connectivity index (χ4v) is 4.27. The molecule has 0 fully saturated rings. The van der Waals surface area contributed by atoms with Crippen LogP contribution in [0.2, 0.25) is 0 Å². The first-order chi connectivity index (χ1) is 16.3. The summed E-state index contributed by atoms with van der Waals surface area (Å²) in [6, 6.07) is 15.2. The number of aliphatic carboxylic acids is 1. The molecule has 0 saturated heterocycles. The van der Waals surface area contributed by atoms with Gasteiger partial charge >= 0.3 is 12.1 Å². The zero-order chi connectivity index (χ0) is 24.7. The minimum absolute atomic E-state index is 0.0374. The van der Waals surface area contributed by atoms with E-state index in [0.717, 1.165) is 22.3 Å². The van der Waals surface area contributed by atoms with E-state index in [-0.39, 0.29) is 31.4 Å². The number of fused-ring (bicyclic) bond motifs is 3. The summed E-state index contributed by atoms with van der Waals surface area (Å²) in [6.07, 6.45) is -0.973. The monoisotopic (exact) mass is 468 g/mol. The predicted octanol–water partition coefficient (Wildman–Crippen LogP) is 3.55. The highest BCUT2D eigenvalue weighted by Crippen LogP contribution is 2.44. The van der Waals surface area contributed by atoms with Crippen molar-refractivity contribution in [3.63, 3.8) is 0 Å². The number of rotatable bonds is 11. The van der Waals surface area contributed by atoms with E-state index in [1.54, 1.807) is 0 Å². The predicted molar refractivity (Wildman–Crippen MR) is 128 cm³/mol. The molecular formula is C26H32N2O6. The van der Waals surface area contributed by atoms with Crippen molar-refractivity contribution in [2.24, 2.45) is 5.92 Å². The lowest BCUT2D eigenvalue weighted by Gasteiger charge is -2.21. The van der Waals surface area contributed by atoms with Gasteiger partial charge in [-0.2, -0.15) is 0 Å². The molecule has 1 unspecified atom stereocenters. The van der Waals surface area contributed by atoms with E-state index < -0.39 is 30.1 Å². The van der Waals surface area contributed by atoms with Gasteiger partial charge in [-0.05, 0) is 34.6 Å². The number of amides is 2. The molecule has 1 aliphatic rings. The van der Waals surface area contributed by atoms with Crippen LogP contribution >= 0.6 is 0 Å². The van der Waals surface area contributed by atoms with Gasteiger partial charge in [0.25, 0.3) is 0 Å². The Hall–Kier alpha value is -3.39. The average Bonchev–Trinajstić information content (AvgIpc) is 3.13. The molecular weight excluding hydrogens is 436 g/mol. The van der Waals surface area contributed by atoms with Crippen LogP contribution < -0.4 is 10.6 Å². The lowest BCUT2D eigenvalue weighted by atomic mass is 9.98. The molecule has 0 aromatic heterocycles. The summed E-state index contributed by atoms with van der Waals surface area (Å²) in [4.78, 5) is 36.1. The number of carbonyl (C=O) groups excluding carboxylic acids is 2. The molecule has 2 atom stereocenters. The molecule has 0 bridgehead atoms. The topological polar surface area (TPSA) is 114 Å². The highest BCUT2D eigenvalue weighted by Gasteiger charge is 2.29. The third-order valence-electron chi connectivity index (χ3n) is 5.92. The number of benzene rings is 2. The zero-order valence-electron chi connectivity index (χ0n) is 19.7. The Morgan fingerprint density at radius 2 is 1.59 bits per heavy atom. The summed E-state index contributed by atoms with van der Waals surface area (Å²) < 4.78 is 10.7. The van der Waals surface area contributed by atoms with Crippen LogP contribution in [0.3, 0.4) is 0 Å². The van der Waals surface area contributed by atoms with Crippen LogP contribution in [0.15, 0.2) is 48.5 Å². The van der Waals surface area contributed by atoms with Gasteiger partial charge in [-0.1, -0.05) is 62.4 Å². The number of methoxy groups -OCH3 is 1. The van der Waals surface area contributed by atoms with Gasteiger partial charge in [0.1, 0.15) is 18.8 Å². The van der Waals surface area contributed by atoms with Crippen LogP contribution in [-0.4, -0.2) is 55.5 Å². The van der Waals surface area contributed by atoms with Gasteiger partial charge in [0.2, 0.25) is 5.91 Å². The molecule has 0 aliphatic heterocycles. The molecule has 3 N–H and O–H groups in total. The SMILES string of the molecule is COC(CCNC(=O)OCC1c2ccccc2-c2ccccc21)C(=O)N[C@H](CC(C)C)C(=O)O. The third kappa shape index (κ3) is 6.14. The van der Waals surface area contributed by atoms with E-state index in [1.807, 2.05) is 50.2 Å². The lowest BCUT2D eigenvalue weighted by Crippen LogP contribution is -2.47. The molecule has 2 amide bonds. The quantitative estimate of drug-likeness (QED) is 0.465. The van der Waals surface area contributed by atoms with Gasteiger partial charge in [-0.25, -0.2) is 9.59 Å². The second-order valence-corrected chi connectivity index (χ2v) is 8.79. The van der Waals surface area contributed by atoms with Crippen LogP contribution in [0, 0.1) is 5.92 Å². The van der Waals surface area contributed by atoms with E-state index in [1.165, 1.54) is 7.11 Å². The van der Waals surface area contributed by atoms with Crippen molar-refractivity contribution in [2.75, 3.05) is 20.3 Å². The molecule has 8 nitrogen and oxygen atoms in total. The molecule has 0 spiro atoms. The van der Waals surface area contributed by atoms with E-state index in [9.17, 15) is 19.5 Å². The largest absolute Gasteiger partial charge is 0.480 e. The first-order valence-electron chi connectivity index (χ1n) is 11.5. The Morgan fingerprint density at radius 1 is 1.00 bits per heavy atom. The van der Waals surface area contributed by atoms with Crippen LogP contribution in [0.4, 0.5) is 4.79 Å². The minimum Gasteiger partial charge on any atom is -0.480 e.